The molecule has 150 valence electrons. The number of nitrogens with one attached hydrogen (secondary N) is 1. The van der Waals surface area contributed by atoms with Crippen molar-refractivity contribution in [3.05, 3.63) is 82.6 Å². The first-order chi connectivity index (χ1) is 14.5. The number of esters is 1. The van der Waals surface area contributed by atoms with Crippen molar-refractivity contribution in [1.82, 2.24) is 0 Å². The number of amides is 1. The first-order valence-electron chi connectivity index (χ1n) is 9.07. The average molecular weight is 421 g/mol. The van der Waals surface area contributed by atoms with Gasteiger partial charge in [-0.3, -0.25) is 4.79 Å². The van der Waals surface area contributed by atoms with E-state index in [9.17, 15) is 14.9 Å². The molecule has 6 nitrogen and oxygen atoms in total. The lowest BCUT2D eigenvalue weighted by Crippen LogP contribution is -2.13. The molecule has 0 aliphatic carbocycles. The predicted molar refractivity (Wildman–Crippen MR) is 114 cm³/mol. The fraction of sp³-hybridized carbons (Fsp3) is 0.0870. The van der Waals surface area contributed by atoms with Crippen molar-refractivity contribution in [2.75, 3.05) is 11.9 Å². The van der Waals surface area contributed by atoms with Crippen LogP contribution in [-0.2, 0) is 9.53 Å². The molecule has 3 rings (SSSR count). The summed E-state index contributed by atoms with van der Waals surface area (Å²) in [6.45, 7) is 2.00. The van der Waals surface area contributed by atoms with E-state index in [0.717, 1.165) is 0 Å². The molecular weight excluding hydrogens is 404 g/mol. The molecule has 0 saturated heterocycles. The molecule has 0 unspecified atom stereocenters. The summed E-state index contributed by atoms with van der Waals surface area (Å²) in [7, 11) is 0. The lowest BCUT2D eigenvalue weighted by Gasteiger charge is -2.06. The first-order valence-corrected chi connectivity index (χ1v) is 9.44. The van der Waals surface area contributed by atoms with Gasteiger partial charge >= 0.3 is 5.97 Å². The number of ether oxygens (including phenoxy) is 1. The third kappa shape index (κ3) is 4.96. The van der Waals surface area contributed by atoms with Gasteiger partial charge in [0.2, 0.25) is 0 Å². The van der Waals surface area contributed by atoms with E-state index in [2.05, 4.69) is 5.32 Å². The molecule has 0 aliphatic rings. The minimum Gasteiger partial charge on any atom is -0.462 e. The van der Waals surface area contributed by atoms with Crippen molar-refractivity contribution < 1.29 is 18.7 Å². The van der Waals surface area contributed by atoms with Crippen LogP contribution >= 0.6 is 11.6 Å². The van der Waals surface area contributed by atoms with E-state index in [0.29, 0.717) is 33.4 Å². The van der Waals surface area contributed by atoms with E-state index >= 15 is 0 Å². The summed E-state index contributed by atoms with van der Waals surface area (Å²) in [6.07, 6.45) is 1.35. The van der Waals surface area contributed by atoms with E-state index < -0.39 is 11.9 Å². The van der Waals surface area contributed by atoms with Gasteiger partial charge in [0.15, 0.2) is 0 Å². The molecule has 0 bridgehead atoms. The van der Waals surface area contributed by atoms with E-state index in [1.54, 1.807) is 37.3 Å². The van der Waals surface area contributed by atoms with Crippen molar-refractivity contribution in [2.24, 2.45) is 0 Å². The molecule has 0 spiro atoms. The number of nitriles is 1. The number of hydrogen-bond acceptors (Lipinski definition) is 5. The number of carbonyl (C=O) groups excluding carboxylic acids is 2. The second-order valence-electron chi connectivity index (χ2n) is 6.10. The van der Waals surface area contributed by atoms with Crippen LogP contribution in [0.1, 0.15) is 23.0 Å². The van der Waals surface area contributed by atoms with Crippen LogP contribution in [-0.4, -0.2) is 18.5 Å². The zero-order valence-electron chi connectivity index (χ0n) is 16.0. The maximum Gasteiger partial charge on any atom is 0.338 e. The minimum absolute atomic E-state index is 0.135. The van der Waals surface area contributed by atoms with Gasteiger partial charge in [-0.1, -0.05) is 23.7 Å². The highest BCUT2D eigenvalue weighted by Gasteiger charge is 2.13. The van der Waals surface area contributed by atoms with Crippen LogP contribution in [0, 0.1) is 11.3 Å². The Morgan fingerprint density at radius 3 is 2.53 bits per heavy atom. The summed E-state index contributed by atoms with van der Waals surface area (Å²) in [5.74, 6) is -0.175. The van der Waals surface area contributed by atoms with Gasteiger partial charge in [-0.05, 0) is 55.5 Å². The molecule has 1 amide bonds. The zero-order valence-corrected chi connectivity index (χ0v) is 16.8. The Bertz CT molecular complexity index is 1140. The maximum absolute atomic E-state index is 12.4. The molecule has 0 saturated carbocycles. The summed E-state index contributed by atoms with van der Waals surface area (Å²) in [5, 5.41) is 12.5. The molecule has 2 aromatic carbocycles. The summed E-state index contributed by atoms with van der Waals surface area (Å²) >= 11 is 6.17. The van der Waals surface area contributed by atoms with E-state index in [-0.39, 0.29) is 12.2 Å². The van der Waals surface area contributed by atoms with Gasteiger partial charge in [0.1, 0.15) is 23.2 Å². The summed E-state index contributed by atoms with van der Waals surface area (Å²) in [4.78, 5) is 24.1. The van der Waals surface area contributed by atoms with Gasteiger partial charge in [-0.15, -0.1) is 0 Å². The van der Waals surface area contributed by atoms with E-state index in [1.165, 1.54) is 18.2 Å². The third-order valence-corrected chi connectivity index (χ3v) is 4.40. The Morgan fingerprint density at radius 2 is 1.87 bits per heavy atom. The molecule has 0 radical (unpaired) electrons. The van der Waals surface area contributed by atoms with Gasteiger partial charge in [0, 0.05) is 17.3 Å². The maximum atomic E-state index is 12.4. The monoisotopic (exact) mass is 420 g/mol. The quantitative estimate of drug-likeness (QED) is 0.331. The first kappa shape index (κ1) is 20.9. The number of benzene rings is 2. The van der Waals surface area contributed by atoms with Crippen LogP contribution in [0.2, 0.25) is 5.02 Å². The lowest BCUT2D eigenvalue weighted by molar-refractivity contribution is -0.112. The van der Waals surface area contributed by atoms with Crippen LogP contribution in [0.5, 0.6) is 0 Å². The zero-order chi connectivity index (χ0) is 21.5. The smallest absolute Gasteiger partial charge is 0.338 e. The standard InChI is InChI=1S/C23H17ClN2O4/c1-2-29-23(28)15-7-9-17(10-8-15)26-22(27)16(14-25)13-18-11-12-21(30-18)19-5-3-4-6-20(19)24/h3-13H,2H2,1H3,(H,26,27). The number of halogens is 1. The Balaban J connectivity index is 1.74. The van der Waals surface area contributed by atoms with Gasteiger partial charge in [-0.2, -0.15) is 5.26 Å². The number of anilines is 1. The summed E-state index contributed by atoms with van der Waals surface area (Å²) < 4.78 is 10.6. The SMILES string of the molecule is CCOC(=O)c1ccc(NC(=O)C(C#N)=Cc2ccc(-c3ccccc3Cl)o2)cc1. The number of furan rings is 1. The largest absolute Gasteiger partial charge is 0.462 e. The molecule has 1 N–H and O–H groups in total. The highest BCUT2D eigenvalue weighted by Crippen LogP contribution is 2.29. The Labute approximate surface area is 178 Å². The molecule has 0 atom stereocenters. The number of hydrogen-bond donors (Lipinski definition) is 1. The number of nitrogens with zero attached hydrogens (tertiary/aromatic N) is 1. The normalized spacial score (nSPS) is 10.9. The minimum atomic E-state index is -0.600. The van der Waals surface area contributed by atoms with Crippen LogP contribution in [0.3, 0.4) is 0 Å². The summed E-state index contributed by atoms with van der Waals surface area (Å²) in [6, 6.07) is 18.6. The second-order valence-corrected chi connectivity index (χ2v) is 6.51. The number of rotatable bonds is 6. The third-order valence-electron chi connectivity index (χ3n) is 4.07. The van der Waals surface area contributed by atoms with Crippen molar-refractivity contribution in [3.8, 4) is 17.4 Å². The second kappa shape index (κ2) is 9.59. The van der Waals surface area contributed by atoms with Crippen molar-refractivity contribution in [3.63, 3.8) is 0 Å². The fourth-order valence-corrected chi connectivity index (χ4v) is 2.86. The van der Waals surface area contributed by atoms with E-state index in [4.69, 9.17) is 20.8 Å². The molecule has 1 aromatic heterocycles. The number of carbonyl (C=O) groups is 2. The van der Waals surface area contributed by atoms with Crippen molar-refractivity contribution in [1.29, 1.82) is 5.26 Å². The Kier molecular flexibility index (Phi) is 6.68. The lowest BCUT2D eigenvalue weighted by atomic mass is 10.2. The summed E-state index contributed by atoms with van der Waals surface area (Å²) in [5.41, 5.74) is 1.38. The van der Waals surface area contributed by atoms with Crippen LogP contribution < -0.4 is 5.32 Å². The average Bonchev–Trinajstić information content (AvgIpc) is 3.21. The Morgan fingerprint density at radius 1 is 1.13 bits per heavy atom. The fourth-order valence-electron chi connectivity index (χ4n) is 2.63. The topological polar surface area (TPSA) is 92.3 Å². The molecule has 7 heteroatoms. The van der Waals surface area contributed by atoms with Gasteiger partial charge in [0.25, 0.3) is 5.91 Å². The molecule has 30 heavy (non-hydrogen) atoms. The molecule has 1 heterocycles. The van der Waals surface area contributed by atoms with Crippen LogP contribution in [0.25, 0.3) is 17.4 Å². The highest BCUT2D eigenvalue weighted by atomic mass is 35.5. The van der Waals surface area contributed by atoms with Crippen molar-refractivity contribution in [2.45, 2.75) is 6.92 Å². The van der Waals surface area contributed by atoms with Gasteiger partial charge in [-0.25, -0.2) is 4.79 Å². The van der Waals surface area contributed by atoms with Gasteiger partial charge < -0.3 is 14.5 Å². The molecule has 3 aromatic rings. The molecule has 0 fully saturated rings. The molecule has 0 aliphatic heterocycles. The predicted octanol–water partition coefficient (Wildman–Crippen LogP) is 5.32. The Hall–Kier alpha value is -3.82. The molecular formula is C23H17ClN2O4. The highest BCUT2D eigenvalue weighted by molar-refractivity contribution is 6.33. The van der Waals surface area contributed by atoms with Crippen molar-refractivity contribution >= 4 is 35.2 Å². The van der Waals surface area contributed by atoms with Crippen LogP contribution in [0.4, 0.5) is 5.69 Å². The van der Waals surface area contributed by atoms with Crippen LogP contribution in [0.15, 0.2) is 70.7 Å². The van der Waals surface area contributed by atoms with E-state index in [1.807, 2.05) is 24.3 Å². The van der Waals surface area contributed by atoms with Gasteiger partial charge in [0.05, 0.1) is 17.2 Å².